The molecule has 0 spiro atoms. The Bertz CT molecular complexity index is 544. The van der Waals surface area contributed by atoms with Gasteiger partial charge in [0.25, 0.3) is 0 Å². The van der Waals surface area contributed by atoms with Crippen LogP contribution in [0.25, 0.3) is 0 Å². The Balaban J connectivity index is 2.23. The van der Waals surface area contributed by atoms with Gasteiger partial charge in [-0.3, -0.25) is 0 Å². The third-order valence-electron chi connectivity index (χ3n) is 3.17. The van der Waals surface area contributed by atoms with Gasteiger partial charge in [0.1, 0.15) is 0 Å². The highest BCUT2D eigenvalue weighted by atomic mass is 79.9. The quantitative estimate of drug-likeness (QED) is 0.888. The van der Waals surface area contributed by atoms with Gasteiger partial charge in [-0.15, -0.1) is 0 Å². The number of hydrogen-bond donors (Lipinski definition) is 2. The lowest BCUT2D eigenvalue weighted by Crippen LogP contribution is -2.33. The number of aliphatic hydroxyl groups excluding tert-OH is 1. The second-order valence-corrected chi connectivity index (χ2v) is 7.15. The van der Waals surface area contributed by atoms with Crippen LogP contribution in [0.2, 0.25) is 0 Å². The third-order valence-corrected chi connectivity index (χ3v) is 6.05. The predicted molar refractivity (Wildman–Crippen MR) is 72.8 cm³/mol. The number of sulfonamides is 1. The summed E-state index contributed by atoms with van der Waals surface area (Å²) in [4.78, 5) is 0.254. The Kier molecular flexibility index (Phi) is 4.11. The van der Waals surface area contributed by atoms with Crippen LogP contribution in [0.4, 0.5) is 0 Å². The molecule has 0 saturated heterocycles. The van der Waals surface area contributed by atoms with Gasteiger partial charge in [0.05, 0.1) is 11.0 Å². The summed E-state index contributed by atoms with van der Waals surface area (Å²) >= 11 is 3.31. The van der Waals surface area contributed by atoms with Crippen LogP contribution in [-0.2, 0) is 10.0 Å². The van der Waals surface area contributed by atoms with Gasteiger partial charge in [-0.2, -0.15) is 0 Å². The van der Waals surface area contributed by atoms with Gasteiger partial charge >= 0.3 is 0 Å². The lowest BCUT2D eigenvalue weighted by Gasteiger charge is -2.14. The van der Waals surface area contributed by atoms with Crippen molar-refractivity contribution in [3.8, 4) is 0 Å². The molecule has 1 aromatic carbocycles. The van der Waals surface area contributed by atoms with Gasteiger partial charge < -0.3 is 5.11 Å². The van der Waals surface area contributed by atoms with E-state index in [2.05, 4.69) is 20.7 Å². The van der Waals surface area contributed by atoms with Crippen molar-refractivity contribution in [1.82, 2.24) is 4.72 Å². The molecule has 0 amide bonds. The molecule has 0 aliphatic heterocycles. The fourth-order valence-electron chi connectivity index (χ4n) is 2.18. The summed E-state index contributed by atoms with van der Waals surface area (Å²) in [5, 5.41) is 9.42. The van der Waals surface area contributed by atoms with E-state index in [0.717, 1.165) is 5.56 Å². The normalized spacial score (nSPS) is 24.4. The molecule has 2 rings (SSSR count). The Hall–Kier alpha value is -0.430. The standard InChI is InChI=1S/C12H16BrNO3S/c1-8-3-2-4-11(12(8)13)18(16,17)14-9-5-6-10(15)7-9/h2-4,9-10,14-15H,5-7H2,1H3/t9-,10+/m1/s1. The van der Waals surface area contributed by atoms with Gasteiger partial charge in [0.2, 0.25) is 10.0 Å². The summed E-state index contributed by atoms with van der Waals surface area (Å²) in [5.41, 5.74) is 0.879. The molecule has 18 heavy (non-hydrogen) atoms. The van der Waals surface area contributed by atoms with Crippen LogP contribution in [0.3, 0.4) is 0 Å². The maximum atomic E-state index is 12.2. The average Bonchev–Trinajstić information content (AvgIpc) is 2.67. The molecule has 1 saturated carbocycles. The molecule has 4 nitrogen and oxygen atoms in total. The third kappa shape index (κ3) is 2.93. The van der Waals surface area contributed by atoms with Crippen molar-refractivity contribution in [2.45, 2.75) is 43.2 Å². The van der Waals surface area contributed by atoms with Gasteiger partial charge in [-0.1, -0.05) is 12.1 Å². The SMILES string of the molecule is Cc1cccc(S(=O)(=O)N[C@@H]2CC[C@H](O)C2)c1Br. The number of benzene rings is 1. The van der Waals surface area contributed by atoms with Crippen molar-refractivity contribution >= 4 is 26.0 Å². The summed E-state index contributed by atoms with van der Waals surface area (Å²) in [5.74, 6) is 0. The fourth-order valence-corrected chi connectivity index (χ4v) is 4.51. The van der Waals surface area contributed by atoms with Gasteiger partial charge in [0, 0.05) is 10.5 Å². The first kappa shape index (κ1) is 14.0. The first-order valence-electron chi connectivity index (χ1n) is 5.85. The average molecular weight is 334 g/mol. The van der Waals surface area contributed by atoms with E-state index in [9.17, 15) is 13.5 Å². The van der Waals surface area contributed by atoms with E-state index >= 15 is 0 Å². The van der Waals surface area contributed by atoms with E-state index in [1.54, 1.807) is 12.1 Å². The van der Waals surface area contributed by atoms with Crippen LogP contribution in [-0.4, -0.2) is 25.7 Å². The molecule has 1 aliphatic carbocycles. The number of hydrogen-bond acceptors (Lipinski definition) is 3. The van der Waals surface area contributed by atoms with E-state index in [-0.39, 0.29) is 10.9 Å². The smallest absolute Gasteiger partial charge is 0.241 e. The maximum Gasteiger partial charge on any atom is 0.241 e. The zero-order valence-corrected chi connectivity index (χ0v) is 12.5. The molecule has 0 heterocycles. The molecule has 1 aromatic rings. The molecule has 6 heteroatoms. The predicted octanol–water partition coefficient (Wildman–Crippen LogP) is 1.95. The largest absolute Gasteiger partial charge is 0.393 e. The Morgan fingerprint density at radius 3 is 2.72 bits per heavy atom. The van der Waals surface area contributed by atoms with Crippen LogP contribution in [0.5, 0.6) is 0 Å². The summed E-state index contributed by atoms with van der Waals surface area (Å²) in [6.45, 7) is 1.85. The summed E-state index contributed by atoms with van der Waals surface area (Å²) < 4.78 is 27.7. The van der Waals surface area contributed by atoms with Crippen molar-refractivity contribution < 1.29 is 13.5 Å². The monoisotopic (exact) mass is 333 g/mol. The van der Waals surface area contributed by atoms with E-state index in [1.807, 2.05) is 13.0 Å². The first-order chi connectivity index (χ1) is 8.40. The number of aryl methyl sites for hydroxylation is 1. The highest BCUT2D eigenvalue weighted by molar-refractivity contribution is 9.10. The minimum absolute atomic E-state index is 0.169. The second kappa shape index (κ2) is 5.28. The van der Waals surface area contributed by atoms with E-state index in [0.29, 0.717) is 23.7 Å². The van der Waals surface area contributed by atoms with Crippen molar-refractivity contribution in [2.75, 3.05) is 0 Å². The summed E-state index contributed by atoms with van der Waals surface area (Å²) in [6, 6.07) is 4.98. The van der Waals surface area contributed by atoms with Crippen molar-refractivity contribution in [1.29, 1.82) is 0 Å². The lowest BCUT2D eigenvalue weighted by molar-refractivity contribution is 0.181. The van der Waals surface area contributed by atoms with Crippen LogP contribution < -0.4 is 4.72 Å². The van der Waals surface area contributed by atoms with Crippen molar-refractivity contribution in [3.05, 3.63) is 28.2 Å². The van der Waals surface area contributed by atoms with Crippen LogP contribution in [0, 0.1) is 6.92 Å². The second-order valence-electron chi connectivity index (χ2n) is 4.67. The molecule has 2 N–H and O–H groups in total. The summed E-state index contributed by atoms with van der Waals surface area (Å²) in [7, 11) is -3.53. The Morgan fingerprint density at radius 1 is 1.39 bits per heavy atom. The van der Waals surface area contributed by atoms with Crippen LogP contribution in [0.15, 0.2) is 27.6 Å². The van der Waals surface area contributed by atoms with Crippen LogP contribution in [0.1, 0.15) is 24.8 Å². The molecule has 0 radical (unpaired) electrons. The fraction of sp³-hybridized carbons (Fsp3) is 0.500. The maximum absolute atomic E-state index is 12.2. The molecule has 2 atom stereocenters. The van der Waals surface area contributed by atoms with E-state index in [4.69, 9.17) is 0 Å². The molecule has 0 unspecified atom stereocenters. The van der Waals surface area contributed by atoms with Gasteiger partial charge in [-0.05, 0) is 53.7 Å². The zero-order valence-electron chi connectivity index (χ0n) is 10.1. The van der Waals surface area contributed by atoms with Gasteiger partial charge in [-0.25, -0.2) is 13.1 Å². The molecule has 0 aromatic heterocycles. The van der Waals surface area contributed by atoms with Gasteiger partial charge in [0.15, 0.2) is 0 Å². The Labute approximate surface area is 116 Å². The van der Waals surface area contributed by atoms with E-state index in [1.165, 1.54) is 0 Å². The van der Waals surface area contributed by atoms with Crippen LogP contribution >= 0.6 is 15.9 Å². The highest BCUT2D eigenvalue weighted by Gasteiger charge is 2.28. The number of nitrogens with one attached hydrogen (secondary N) is 1. The molecule has 0 bridgehead atoms. The lowest BCUT2D eigenvalue weighted by atomic mass is 10.2. The molecule has 100 valence electrons. The van der Waals surface area contributed by atoms with E-state index < -0.39 is 16.1 Å². The minimum Gasteiger partial charge on any atom is -0.393 e. The molecule has 1 fully saturated rings. The number of aliphatic hydroxyl groups is 1. The zero-order chi connectivity index (χ0) is 13.3. The minimum atomic E-state index is -3.53. The molecule has 1 aliphatic rings. The van der Waals surface area contributed by atoms with Crippen molar-refractivity contribution in [3.63, 3.8) is 0 Å². The number of rotatable bonds is 3. The molecular formula is C12H16BrNO3S. The topological polar surface area (TPSA) is 66.4 Å². The molecular weight excluding hydrogens is 318 g/mol. The first-order valence-corrected chi connectivity index (χ1v) is 8.13. The van der Waals surface area contributed by atoms with Crippen molar-refractivity contribution in [2.24, 2.45) is 0 Å². The summed E-state index contributed by atoms with van der Waals surface area (Å²) in [6.07, 6.45) is 1.44. The Morgan fingerprint density at radius 2 is 2.11 bits per heavy atom. The number of halogens is 1. The highest BCUT2D eigenvalue weighted by Crippen LogP contribution is 2.27.